The second-order valence-corrected chi connectivity index (χ2v) is 5.79. The summed E-state index contributed by atoms with van der Waals surface area (Å²) in [4.78, 5) is 12.3. The summed E-state index contributed by atoms with van der Waals surface area (Å²) in [6.07, 6.45) is 2.09. The largest absolute Gasteiger partial charge is 0.356 e. The summed E-state index contributed by atoms with van der Waals surface area (Å²) in [7, 11) is 0. The van der Waals surface area contributed by atoms with Gasteiger partial charge in [-0.3, -0.25) is 4.79 Å². The Morgan fingerprint density at radius 3 is 2.89 bits per heavy atom. The molecule has 6 nitrogen and oxygen atoms in total. The molecule has 0 fully saturated rings. The predicted octanol–water partition coefficient (Wildman–Crippen LogP) is 1.77. The third-order valence-corrected chi connectivity index (χ3v) is 3.67. The van der Waals surface area contributed by atoms with Crippen LogP contribution >= 0.6 is 11.3 Å². The van der Waals surface area contributed by atoms with Crippen molar-refractivity contribution in [3.8, 4) is 0 Å². The molecule has 19 heavy (non-hydrogen) atoms. The molecule has 0 unspecified atom stereocenters. The van der Waals surface area contributed by atoms with Crippen LogP contribution in [-0.4, -0.2) is 32.3 Å². The zero-order valence-electron chi connectivity index (χ0n) is 11.5. The lowest BCUT2D eigenvalue weighted by Gasteiger charge is -2.01. The van der Waals surface area contributed by atoms with Crippen molar-refractivity contribution in [1.29, 1.82) is 0 Å². The SMILES string of the molecule is CCCNC(=O)CCc1nn2c(C(C)C)nnc2s1. The Bertz CT molecular complexity index is 559. The van der Waals surface area contributed by atoms with E-state index in [4.69, 9.17) is 0 Å². The lowest BCUT2D eigenvalue weighted by atomic mass is 10.2. The molecule has 104 valence electrons. The molecule has 0 aliphatic carbocycles. The second kappa shape index (κ2) is 6.10. The van der Waals surface area contributed by atoms with Crippen LogP contribution in [0.25, 0.3) is 4.96 Å². The summed E-state index contributed by atoms with van der Waals surface area (Å²) >= 11 is 1.50. The molecule has 1 N–H and O–H groups in total. The lowest BCUT2D eigenvalue weighted by Crippen LogP contribution is -2.24. The molecule has 1 amide bonds. The van der Waals surface area contributed by atoms with Gasteiger partial charge in [-0.05, 0) is 6.42 Å². The molecule has 2 heterocycles. The Morgan fingerprint density at radius 2 is 2.21 bits per heavy atom. The van der Waals surface area contributed by atoms with Crippen molar-refractivity contribution in [3.63, 3.8) is 0 Å². The van der Waals surface area contributed by atoms with Crippen molar-refractivity contribution in [2.45, 2.75) is 46.0 Å². The van der Waals surface area contributed by atoms with Gasteiger partial charge in [-0.1, -0.05) is 32.1 Å². The number of amides is 1. The third-order valence-electron chi connectivity index (χ3n) is 2.71. The highest BCUT2D eigenvalue weighted by molar-refractivity contribution is 7.16. The Balaban J connectivity index is 2.00. The van der Waals surface area contributed by atoms with Crippen LogP contribution in [0, 0.1) is 0 Å². The zero-order chi connectivity index (χ0) is 13.8. The van der Waals surface area contributed by atoms with Gasteiger partial charge in [0.2, 0.25) is 10.9 Å². The van der Waals surface area contributed by atoms with Crippen LogP contribution in [0.2, 0.25) is 0 Å². The fourth-order valence-electron chi connectivity index (χ4n) is 1.71. The first-order valence-electron chi connectivity index (χ1n) is 6.59. The van der Waals surface area contributed by atoms with Gasteiger partial charge in [0.15, 0.2) is 5.82 Å². The molecule has 0 bridgehead atoms. The van der Waals surface area contributed by atoms with E-state index in [1.807, 2.05) is 6.92 Å². The number of hydrogen-bond acceptors (Lipinski definition) is 5. The highest BCUT2D eigenvalue weighted by Crippen LogP contribution is 2.19. The van der Waals surface area contributed by atoms with Gasteiger partial charge in [-0.15, -0.1) is 10.2 Å². The van der Waals surface area contributed by atoms with E-state index in [1.165, 1.54) is 11.3 Å². The number of fused-ring (bicyclic) bond motifs is 1. The van der Waals surface area contributed by atoms with E-state index < -0.39 is 0 Å². The average Bonchev–Trinajstić information content (AvgIpc) is 2.92. The Morgan fingerprint density at radius 1 is 1.42 bits per heavy atom. The van der Waals surface area contributed by atoms with Gasteiger partial charge in [0.25, 0.3) is 0 Å². The third kappa shape index (κ3) is 3.28. The molecule has 0 saturated heterocycles. The maximum atomic E-state index is 11.5. The highest BCUT2D eigenvalue weighted by atomic mass is 32.1. The maximum absolute atomic E-state index is 11.5. The number of nitrogens with one attached hydrogen (secondary N) is 1. The minimum Gasteiger partial charge on any atom is -0.356 e. The average molecular weight is 281 g/mol. The molecular formula is C12H19N5OS. The molecule has 0 spiro atoms. The van der Waals surface area contributed by atoms with Gasteiger partial charge >= 0.3 is 0 Å². The quantitative estimate of drug-likeness (QED) is 0.876. The van der Waals surface area contributed by atoms with E-state index in [-0.39, 0.29) is 11.8 Å². The molecule has 7 heteroatoms. The van der Waals surface area contributed by atoms with E-state index in [2.05, 4.69) is 34.5 Å². The maximum Gasteiger partial charge on any atom is 0.234 e. The smallest absolute Gasteiger partial charge is 0.234 e. The van der Waals surface area contributed by atoms with E-state index in [9.17, 15) is 4.79 Å². The number of aryl methyl sites for hydroxylation is 1. The molecular weight excluding hydrogens is 262 g/mol. The predicted molar refractivity (Wildman–Crippen MR) is 74.4 cm³/mol. The summed E-state index contributed by atoms with van der Waals surface area (Å²) in [5.74, 6) is 1.24. The van der Waals surface area contributed by atoms with Crippen LogP contribution in [0.5, 0.6) is 0 Å². The van der Waals surface area contributed by atoms with E-state index in [0.29, 0.717) is 12.8 Å². The summed E-state index contributed by atoms with van der Waals surface area (Å²) in [5, 5.41) is 16.5. The molecule has 0 atom stereocenters. The molecule has 0 aliphatic rings. The molecule has 2 aromatic rings. The number of aromatic nitrogens is 4. The Labute approximate surface area is 116 Å². The first kappa shape index (κ1) is 13.9. The van der Waals surface area contributed by atoms with Crippen LogP contribution in [0.15, 0.2) is 0 Å². The van der Waals surface area contributed by atoms with Gasteiger partial charge in [-0.25, -0.2) is 0 Å². The van der Waals surface area contributed by atoms with E-state index in [1.54, 1.807) is 4.52 Å². The van der Waals surface area contributed by atoms with Crippen molar-refractivity contribution < 1.29 is 4.79 Å². The van der Waals surface area contributed by atoms with Gasteiger partial charge in [-0.2, -0.15) is 9.61 Å². The fourth-order valence-corrected chi connectivity index (χ4v) is 2.55. The lowest BCUT2D eigenvalue weighted by molar-refractivity contribution is -0.121. The minimum atomic E-state index is 0.0805. The van der Waals surface area contributed by atoms with Gasteiger partial charge in [0, 0.05) is 25.3 Å². The second-order valence-electron chi connectivity index (χ2n) is 4.75. The van der Waals surface area contributed by atoms with Crippen molar-refractivity contribution in [2.24, 2.45) is 0 Å². The number of carbonyl (C=O) groups is 1. The summed E-state index contributed by atoms with van der Waals surface area (Å²) in [5.41, 5.74) is 0. The van der Waals surface area contributed by atoms with Gasteiger partial charge in [0.1, 0.15) is 5.01 Å². The monoisotopic (exact) mass is 281 g/mol. The summed E-state index contributed by atoms with van der Waals surface area (Å²) in [6, 6.07) is 0. The summed E-state index contributed by atoms with van der Waals surface area (Å²) < 4.78 is 1.79. The van der Waals surface area contributed by atoms with Crippen LogP contribution in [0.1, 0.15) is 50.4 Å². The topological polar surface area (TPSA) is 72.2 Å². The first-order chi connectivity index (χ1) is 9.11. The number of nitrogens with zero attached hydrogens (tertiary/aromatic N) is 4. The molecule has 2 aromatic heterocycles. The zero-order valence-corrected chi connectivity index (χ0v) is 12.3. The number of rotatable bonds is 6. The fraction of sp³-hybridized carbons (Fsp3) is 0.667. The Hall–Kier alpha value is -1.50. The van der Waals surface area contributed by atoms with Gasteiger partial charge in [0.05, 0.1) is 0 Å². The van der Waals surface area contributed by atoms with E-state index in [0.717, 1.165) is 28.8 Å². The molecule has 0 aliphatic heterocycles. The van der Waals surface area contributed by atoms with Crippen LogP contribution < -0.4 is 5.32 Å². The standard InChI is InChI=1S/C12H19N5OS/c1-4-7-13-9(18)5-6-10-16-17-11(8(2)3)14-15-12(17)19-10/h8H,4-7H2,1-3H3,(H,13,18). The minimum absolute atomic E-state index is 0.0805. The molecule has 0 aromatic carbocycles. The van der Waals surface area contributed by atoms with Crippen molar-refractivity contribution >= 4 is 22.2 Å². The summed E-state index contributed by atoms with van der Waals surface area (Å²) in [6.45, 7) is 6.90. The van der Waals surface area contributed by atoms with Gasteiger partial charge < -0.3 is 5.32 Å². The van der Waals surface area contributed by atoms with Crippen LogP contribution in [-0.2, 0) is 11.2 Å². The molecule has 0 saturated carbocycles. The highest BCUT2D eigenvalue weighted by Gasteiger charge is 2.14. The van der Waals surface area contributed by atoms with Crippen molar-refractivity contribution in [2.75, 3.05) is 6.54 Å². The van der Waals surface area contributed by atoms with Crippen LogP contribution in [0.3, 0.4) is 0 Å². The normalized spacial score (nSPS) is 11.4. The van der Waals surface area contributed by atoms with Crippen LogP contribution in [0.4, 0.5) is 0 Å². The first-order valence-corrected chi connectivity index (χ1v) is 7.41. The molecule has 2 rings (SSSR count). The number of hydrogen-bond donors (Lipinski definition) is 1. The Kier molecular flexibility index (Phi) is 4.47. The van der Waals surface area contributed by atoms with Crippen molar-refractivity contribution in [1.82, 2.24) is 25.1 Å². The van der Waals surface area contributed by atoms with Crippen molar-refractivity contribution in [3.05, 3.63) is 10.8 Å². The molecule has 0 radical (unpaired) electrons. The van der Waals surface area contributed by atoms with E-state index >= 15 is 0 Å². The number of carbonyl (C=O) groups excluding carboxylic acids is 1.